The van der Waals surface area contributed by atoms with Crippen LogP contribution in [0.1, 0.15) is 33.6 Å². The molecule has 0 bridgehead atoms. The fourth-order valence-electron chi connectivity index (χ4n) is 2.54. The molecule has 0 aromatic carbocycles. The molecular formula is C17H26N2O4S. The summed E-state index contributed by atoms with van der Waals surface area (Å²) in [4.78, 5) is 18.6. The highest BCUT2D eigenvalue weighted by Gasteiger charge is 2.29. The van der Waals surface area contributed by atoms with E-state index in [4.69, 9.17) is 9.47 Å². The van der Waals surface area contributed by atoms with E-state index in [1.807, 2.05) is 20.8 Å². The molecule has 2 rings (SSSR count). The highest BCUT2D eigenvalue weighted by Crippen LogP contribution is 2.24. The molecule has 1 aliphatic heterocycles. The molecule has 1 aromatic heterocycles. The number of likely N-dealkylation sites (tertiary alicyclic amines) is 1. The minimum Gasteiger partial charge on any atom is -0.611 e. The Kier molecular flexibility index (Phi) is 6.34. The SMILES string of the molecule is COc1ccc([S+]([O-])CC2CCN(C(=O)OC(C)(C)C)CC2)cn1. The number of hydrogen-bond acceptors (Lipinski definition) is 5. The molecule has 1 unspecified atom stereocenters. The molecule has 0 aliphatic carbocycles. The number of ether oxygens (including phenoxy) is 2. The first-order valence-corrected chi connectivity index (χ1v) is 9.47. The van der Waals surface area contributed by atoms with Crippen LogP contribution >= 0.6 is 0 Å². The van der Waals surface area contributed by atoms with Crippen molar-refractivity contribution in [3.63, 3.8) is 0 Å². The van der Waals surface area contributed by atoms with Crippen LogP contribution in [-0.4, -0.2) is 52.1 Å². The molecule has 1 aromatic rings. The Bertz CT molecular complexity index is 537. The zero-order chi connectivity index (χ0) is 17.7. The molecular weight excluding hydrogens is 328 g/mol. The van der Waals surface area contributed by atoms with Crippen LogP contribution < -0.4 is 4.74 Å². The van der Waals surface area contributed by atoms with Crippen LogP contribution in [0.2, 0.25) is 0 Å². The first-order chi connectivity index (χ1) is 11.3. The summed E-state index contributed by atoms with van der Waals surface area (Å²) in [5, 5.41) is 0. The van der Waals surface area contributed by atoms with E-state index >= 15 is 0 Å². The van der Waals surface area contributed by atoms with E-state index in [0.29, 0.717) is 35.5 Å². The molecule has 1 saturated heterocycles. The number of carbonyl (C=O) groups is 1. The van der Waals surface area contributed by atoms with Gasteiger partial charge in [0.05, 0.1) is 13.3 Å². The highest BCUT2D eigenvalue weighted by atomic mass is 32.2. The first kappa shape index (κ1) is 18.9. The first-order valence-electron chi connectivity index (χ1n) is 8.15. The Labute approximate surface area is 146 Å². The maximum Gasteiger partial charge on any atom is 0.410 e. The van der Waals surface area contributed by atoms with E-state index in [2.05, 4.69) is 4.98 Å². The number of pyridine rings is 1. The van der Waals surface area contributed by atoms with Gasteiger partial charge in [0.25, 0.3) is 0 Å². The quantitative estimate of drug-likeness (QED) is 0.777. The number of rotatable bonds is 4. The highest BCUT2D eigenvalue weighted by molar-refractivity contribution is 7.91. The van der Waals surface area contributed by atoms with Crippen molar-refractivity contribution >= 4 is 17.3 Å². The summed E-state index contributed by atoms with van der Waals surface area (Å²) >= 11 is -1.08. The number of hydrogen-bond donors (Lipinski definition) is 0. The third kappa shape index (κ3) is 5.56. The smallest absolute Gasteiger partial charge is 0.410 e. The van der Waals surface area contributed by atoms with Crippen LogP contribution in [0.5, 0.6) is 5.88 Å². The van der Waals surface area contributed by atoms with Crippen molar-refractivity contribution in [1.82, 2.24) is 9.88 Å². The summed E-state index contributed by atoms with van der Waals surface area (Å²) in [7, 11) is 1.55. The van der Waals surface area contributed by atoms with Crippen molar-refractivity contribution < 1.29 is 18.8 Å². The maximum absolute atomic E-state index is 12.4. The molecule has 1 atom stereocenters. The zero-order valence-electron chi connectivity index (χ0n) is 14.8. The lowest BCUT2D eigenvalue weighted by Crippen LogP contribution is -2.42. The molecule has 1 amide bonds. The lowest BCUT2D eigenvalue weighted by molar-refractivity contribution is 0.0191. The minimum absolute atomic E-state index is 0.263. The van der Waals surface area contributed by atoms with Crippen molar-refractivity contribution in [2.45, 2.75) is 44.1 Å². The molecule has 7 heteroatoms. The van der Waals surface area contributed by atoms with Gasteiger partial charge in [0.15, 0.2) is 4.90 Å². The van der Waals surface area contributed by atoms with Gasteiger partial charge in [0, 0.05) is 31.1 Å². The summed E-state index contributed by atoms with van der Waals surface area (Å²) in [5.74, 6) is 1.45. The van der Waals surface area contributed by atoms with Gasteiger partial charge in [-0.3, -0.25) is 0 Å². The van der Waals surface area contributed by atoms with Crippen molar-refractivity contribution in [3.05, 3.63) is 18.3 Å². The number of methoxy groups -OCH3 is 1. The molecule has 1 fully saturated rings. The lowest BCUT2D eigenvalue weighted by atomic mass is 9.99. The normalized spacial score (nSPS) is 17.5. The number of amides is 1. The van der Waals surface area contributed by atoms with E-state index in [9.17, 15) is 9.35 Å². The maximum atomic E-state index is 12.4. The Balaban J connectivity index is 1.80. The van der Waals surface area contributed by atoms with Crippen molar-refractivity contribution in [2.24, 2.45) is 5.92 Å². The standard InChI is InChI=1S/C17H26N2O4S/c1-17(2,3)23-16(20)19-9-7-13(8-10-19)12-24(21)14-5-6-15(22-4)18-11-14/h5-6,11,13H,7-10,12H2,1-4H3. The van der Waals surface area contributed by atoms with Gasteiger partial charge < -0.3 is 18.9 Å². The lowest BCUT2D eigenvalue weighted by Gasteiger charge is -2.33. The van der Waals surface area contributed by atoms with Gasteiger partial charge in [0.2, 0.25) is 5.88 Å². The third-order valence-corrected chi connectivity index (χ3v) is 5.38. The third-order valence-electron chi connectivity index (χ3n) is 3.83. The zero-order valence-corrected chi connectivity index (χ0v) is 15.6. The van der Waals surface area contributed by atoms with E-state index in [-0.39, 0.29) is 6.09 Å². The molecule has 0 saturated carbocycles. The second kappa shape index (κ2) is 8.07. The van der Waals surface area contributed by atoms with Gasteiger partial charge in [-0.25, -0.2) is 9.78 Å². The van der Waals surface area contributed by atoms with Gasteiger partial charge in [-0.2, -0.15) is 0 Å². The Morgan fingerprint density at radius 1 is 1.38 bits per heavy atom. The second-order valence-corrected chi connectivity index (χ2v) is 8.45. The summed E-state index contributed by atoms with van der Waals surface area (Å²) in [6.45, 7) is 6.90. The molecule has 0 spiro atoms. The van der Waals surface area contributed by atoms with E-state index in [1.54, 1.807) is 30.3 Å². The van der Waals surface area contributed by atoms with Gasteiger partial charge in [-0.05, 0) is 44.8 Å². The van der Waals surface area contributed by atoms with E-state index in [0.717, 1.165) is 12.8 Å². The number of piperidine rings is 1. The molecule has 2 heterocycles. The predicted octanol–water partition coefficient (Wildman–Crippen LogP) is 2.84. The van der Waals surface area contributed by atoms with Crippen LogP contribution in [0.3, 0.4) is 0 Å². The van der Waals surface area contributed by atoms with Crippen LogP contribution in [0.25, 0.3) is 0 Å². The average Bonchev–Trinajstić information content (AvgIpc) is 2.54. The van der Waals surface area contributed by atoms with E-state index in [1.165, 1.54) is 0 Å². The van der Waals surface area contributed by atoms with Crippen molar-refractivity contribution in [2.75, 3.05) is 26.0 Å². The molecule has 0 N–H and O–H groups in total. The van der Waals surface area contributed by atoms with E-state index < -0.39 is 16.8 Å². The summed E-state index contributed by atoms with van der Waals surface area (Å²) in [5.41, 5.74) is -0.475. The van der Waals surface area contributed by atoms with Gasteiger partial charge in [-0.15, -0.1) is 0 Å². The molecule has 1 aliphatic rings. The predicted molar refractivity (Wildman–Crippen MR) is 92.6 cm³/mol. The fourth-order valence-corrected chi connectivity index (χ4v) is 3.89. The number of carbonyl (C=O) groups excluding carboxylic acids is 1. The van der Waals surface area contributed by atoms with Crippen LogP contribution in [0.15, 0.2) is 23.2 Å². The summed E-state index contributed by atoms with van der Waals surface area (Å²) < 4.78 is 22.8. The second-order valence-electron chi connectivity index (χ2n) is 6.96. The topological polar surface area (TPSA) is 74.7 Å². The Morgan fingerprint density at radius 2 is 2.04 bits per heavy atom. The Hall–Kier alpha value is -1.47. The minimum atomic E-state index is -1.08. The number of aromatic nitrogens is 1. The van der Waals surface area contributed by atoms with Crippen molar-refractivity contribution in [3.8, 4) is 5.88 Å². The Morgan fingerprint density at radius 3 is 2.54 bits per heavy atom. The van der Waals surface area contributed by atoms with Gasteiger partial charge in [0.1, 0.15) is 11.4 Å². The average molecular weight is 354 g/mol. The van der Waals surface area contributed by atoms with Crippen molar-refractivity contribution in [1.29, 1.82) is 0 Å². The van der Waals surface area contributed by atoms with Crippen LogP contribution in [0, 0.1) is 5.92 Å². The number of nitrogens with zero attached hydrogens (tertiary/aromatic N) is 2. The van der Waals surface area contributed by atoms with Gasteiger partial charge in [-0.1, -0.05) is 0 Å². The molecule has 6 nitrogen and oxygen atoms in total. The van der Waals surface area contributed by atoms with Crippen LogP contribution in [-0.2, 0) is 15.9 Å². The molecule has 24 heavy (non-hydrogen) atoms. The summed E-state index contributed by atoms with van der Waals surface area (Å²) in [6, 6.07) is 3.51. The molecule has 134 valence electrons. The molecule has 0 radical (unpaired) electrons. The van der Waals surface area contributed by atoms with Gasteiger partial charge >= 0.3 is 6.09 Å². The summed E-state index contributed by atoms with van der Waals surface area (Å²) in [6.07, 6.45) is 3.02. The largest absolute Gasteiger partial charge is 0.611 e. The monoisotopic (exact) mass is 354 g/mol. The van der Waals surface area contributed by atoms with Crippen LogP contribution in [0.4, 0.5) is 4.79 Å². The fraction of sp³-hybridized carbons (Fsp3) is 0.647.